The van der Waals surface area contributed by atoms with E-state index in [1.807, 2.05) is 0 Å². The minimum Gasteiger partial charge on any atom is -0.478 e. The quantitative estimate of drug-likeness (QED) is 0.932. The number of pyridine rings is 1. The average Bonchev–Trinajstić information content (AvgIpc) is 2.31. The van der Waals surface area contributed by atoms with Crippen molar-refractivity contribution in [1.82, 2.24) is 4.98 Å². The zero-order chi connectivity index (χ0) is 13.1. The van der Waals surface area contributed by atoms with Gasteiger partial charge >= 0.3 is 5.97 Å². The van der Waals surface area contributed by atoms with Gasteiger partial charge < -0.3 is 5.11 Å². The highest BCUT2D eigenvalue weighted by atomic mass is 35.5. The number of nitrogens with zero attached hydrogens (tertiary/aromatic N) is 1. The lowest BCUT2D eigenvalue weighted by atomic mass is 10.3. The summed E-state index contributed by atoms with van der Waals surface area (Å²) < 4.78 is 13.0. The van der Waals surface area contributed by atoms with Crippen LogP contribution in [0.15, 0.2) is 46.5 Å². The van der Waals surface area contributed by atoms with Crippen molar-refractivity contribution in [3.8, 4) is 0 Å². The first-order chi connectivity index (χ1) is 8.58. The fraction of sp³-hybridized carbons (Fsp3) is 0. The minimum atomic E-state index is -1.12. The first kappa shape index (κ1) is 12.9. The monoisotopic (exact) mass is 283 g/mol. The minimum absolute atomic E-state index is 0.0226. The summed E-state index contributed by atoms with van der Waals surface area (Å²) in [5, 5.41) is 9.31. The highest BCUT2D eigenvalue weighted by molar-refractivity contribution is 7.99. The number of aromatic nitrogens is 1. The van der Waals surface area contributed by atoms with E-state index in [1.54, 1.807) is 12.1 Å². The van der Waals surface area contributed by atoms with Crippen molar-refractivity contribution in [2.45, 2.75) is 9.92 Å². The largest absolute Gasteiger partial charge is 0.478 e. The van der Waals surface area contributed by atoms with Crippen molar-refractivity contribution < 1.29 is 14.3 Å². The van der Waals surface area contributed by atoms with Gasteiger partial charge in [-0.15, -0.1) is 0 Å². The molecule has 1 heterocycles. The lowest BCUT2D eigenvalue weighted by molar-refractivity contribution is 0.0696. The number of hydrogen-bond acceptors (Lipinski definition) is 3. The van der Waals surface area contributed by atoms with Crippen molar-refractivity contribution in [2.24, 2.45) is 0 Å². The summed E-state index contributed by atoms with van der Waals surface area (Å²) in [5.41, 5.74) is -0.0226. The molecule has 1 N–H and O–H groups in total. The molecule has 0 fully saturated rings. The molecule has 3 nitrogen and oxygen atoms in total. The van der Waals surface area contributed by atoms with Gasteiger partial charge in [0.25, 0.3) is 0 Å². The molecule has 0 bridgehead atoms. The molecule has 92 valence electrons. The SMILES string of the molecule is O=C(O)c1ccnc(Sc2cccc(F)c2)c1Cl. The van der Waals surface area contributed by atoms with E-state index in [-0.39, 0.29) is 16.4 Å². The zero-order valence-corrected chi connectivity index (χ0v) is 10.5. The Kier molecular flexibility index (Phi) is 3.84. The summed E-state index contributed by atoms with van der Waals surface area (Å²) >= 11 is 7.05. The highest BCUT2D eigenvalue weighted by Crippen LogP contribution is 2.33. The molecule has 0 saturated heterocycles. The Balaban J connectivity index is 2.35. The van der Waals surface area contributed by atoms with Crippen molar-refractivity contribution in [2.75, 3.05) is 0 Å². The predicted octanol–water partition coefficient (Wildman–Crippen LogP) is 3.72. The normalized spacial score (nSPS) is 10.3. The number of carbonyl (C=O) groups is 1. The van der Waals surface area contributed by atoms with Gasteiger partial charge in [-0.25, -0.2) is 14.2 Å². The third kappa shape index (κ3) is 2.80. The summed E-state index contributed by atoms with van der Waals surface area (Å²) in [4.78, 5) is 15.5. The van der Waals surface area contributed by atoms with Crippen LogP contribution in [0, 0.1) is 5.82 Å². The van der Waals surface area contributed by atoms with Crippen molar-refractivity contribution >= 4 is 29.3 Å². The van der Waals surface area contributed by atoms with E-state index in [0.29, 0.717) is 9.92 Å². The maximum absolute atomic E-state index is 13.0. The van der Waals surface area contributed by atoms with E-state index in [1.165, 1.54) is 24.4 Å². The van der Waals surface area contributed by atoms with Crippen LogP contribution in [0.1, 0.15) is 10.4 Å². The number of carboxylic acids is 1. The Hall–Kier alpha value is -1.59. The topological polar surface area (TPSA) is 50.2 Å². The van der Waals surface area contributed by atoms with Gasteiger partial charge in [-0.3, -0.25) is 0 Å². The molecular weight excluding hydrogens is 277 g/mol. The van der Waals surface area contributed by atoms with Crippen LogP contribution in [0.3, 0.4) is 0 Å². The van der Waals surface area contributed by atoms with E-state index < -0.39 is 5.97 Å². The molecule has 0 atom stereocenters. The van der Waals surface area contributed by atoms with Gasteiger partial charge in [0.2, 0.25) is 0 Å². The van der Waals surface area contributed by atoms with E-state index in [2.05, 4.69) is 4.98 Å². The van der Waals surface area contributed by atoms with Crippen LogP contribution in [0.2, 0.25) is 5.02 Å². The summed E-state index contributed by atoms with van der Waals surface area (Å²) in [6, 6.07) is 7.23. The summed E-state index contributed by atoms with van der Waals surface area (Å²) in [7, 11) is 0. The van der Waals surface area contributed by atoms with E-state index in [0.717, 1.165) is 11.8 Å². The lowest BCUT2D eigenvalue weighted by Crippen LogP contribution is -1.99. The van der Waals surface area contributed by atoms with Gasteiger partial charge in [0, 0.05) is 11.1 Å². The van der Waals surface area contributed by atoms with Crippen LogP contribution in [0.4, 0.5) is 4.39 Å². The van der Waals surface area contributed by atoms with Crippen LogP contribution in [-0.2, 0) is 0 Å². The number of hydrogen-bond donors (Lipinski definition) is 1. The number of rotatable bonds is 3. The second-order valence-corrected chi connectivity index (χ2v) is 4.78. The summed E-state index contributed by atoms with van der Waals surface area (Å²) in [5.74, 6) is -1.49. The van der Waals surface area contributed by atoms with E-state index in [9.17, 15) is 9.18 Å². The Morgan fingerprint density at radius 1 is 1.39 bits per heavy atom. The highest BCUT2D eigenvalue weighted by Gasteiger charge is 2.14. The number of halogens is 2. The van der Waals surface area contributed by atoms with Crippen LogP contribution in [0.25, 0.3) is 0 Å². The molecule has 18 heavy (non-hydrogen) atoms. The lowest BCUT2D eigenvalue weighted by Gasteiger charge is -2.05. The maximum atomic E-state index is 13.0. The van der Waals surface area contributed by atoms with Gasteiger partial charge in [0.1, 0.15) is 10.8 Å². The fourth-order valence-electron chi connectivity index (χ4n) is 1.30. The second-order valence-electron chi connectivity index (χ2n) is 3.34. The van der Waals surface area contributed by atoms with Gasteiger partial charge in [-0.1, -0.05) is 29.4 Å². The van der Waals surface area contributed by atoms with Crippen molar-refractivity contribution in [1.29, 1.82) is 0 Å². The van der Waals surface area contributed by atoms with Crippen LogP contribution >= 0.6 is 23.4 Å². The van der Waals surface area contributed by atoms with Gasteiger partial charge in [-0.2, -0.15) is 0 Å². The fourth-order valence-corrected chi connectivity index (χ4v) is 2.47. The Morgan fingerprint density at radius 2 is 2.17 bits per heavy atom. The van der Waals surface area contributed by atoms with Crippen LogP contribution in [0.5, 0.6) is 0 Å². The number of carboxylic acid groups (broad SMARTS) is 1. The molecule has 1 aromatic carbocycles. The molecule has 0 aliphatic carbocycles. The third-order valence-electron chi connectivity index (χ3n) is 2.10. The van der Waals surface area contributed by atoms with Crippen LogP contribution in [-0.4, -0.2) is 16.1 Å². The van der Waals surface area contributed by atoms with Gasteiger partial charge in [0.05, 0.1) is 10.6 Å². The molecule has 0 spiro atoms. The van der Waals surface area contributed by atoms with Gasteiger partial charge in [0.15, 0.2) is 0 Å². The molecule has 0 saturated carbocycles. The first-order valence-corrected chi connectivity index (χ1v) is 6.08. The predicted molar refractivity (Wildman–Crippen MR) is 66.7 cm³/mol. The Morgan fingerprint density at radius 3 is 2.83 bits per heavy atom. The van der Waals surface area contributed by atoms with Crippen LogP contribution < -0.4 is 0 Å². The molecule has 0 aliphatic rings. The molecule has 0 unspecified atom stereocenters. The maximum Gasteiger partial charge on any atom is 0.337 e. The second kappa shape index (κ2) is 5.37. The summed E-state index contributed by atoms with van der Waals surface area (Å²) in [6.45, 7) is 0. The molecule has 0 amide bonds. The van der Waals surface area contributed by atoms with Gasteiger partial charge in [-0.05, 0) is 24.3 Å². The number of benzene rings is 1. The molecule has 6 heteroatoms. The molecule has 0 aliphatic heterocycles. The van der Waals surface area contributed by atoms with E-state index in [4.69, 9.17) is 16.7 Å². The average molecular weight is 284 g/mol. The smallest absolute Gasteiger partial charge is 0.337 e. The summed E-state index contributed by atoms with van der Waals surface area (Å²) in [6.07, 6.45) is 1.36. The Bertz CT molecular complexity index is 606. The standard InChI is InChI=1S/C12H7ClFNO2S/c13-10-9(12(16)17)4-5-15-11(10)18-8-3-1-2-7(14)6-8/h1-6H,(H,16,17). The zero-order valence-electron chi connectivity index (χ0n) is 8.93. The molecule has 2 rings (SSSR count). The van der Waals surface area contributed by atoms with Crippen molar-refractivity contribution in [3.63, 3.8) is 0 Å². The number of aromatic carboxylic acids is 1. The molecular formula is C12H7ClFNO2S. The third-order valence-corrected chi connectivity index (χ3v) is 3.59. The molecule has 0 radical (unpaired) electrons. The van der Waals surface area contributed by atoms with E-state index >= 15 is 0 Å². The Labute approximate surface area is 112 Å². The first-order valence-electron chi connectivity index (χ1n) is 4.89. The molecule has 2 aromatic rings. The van der Waals surface area contributed by atoms with Crippen molar-refractivity contribution in [3.05, 3.63) is 52.9 Å². The molecule has 1 aromatic heterocycles.